The number of aromatic amines is 1. The highest BCUT2D eigenvalue weighted by Crippen LogP contribution is 2.27. The number of nitrogens with zero attached hydrogens (tertiary/aromatic N) is 1. The van der Waals surface area contributed by atoms with Crippen molar-refractivity contribution in [2.75, 3.05) is 18.1 Å². The largest absolute Gasteiger partial charge is 0.573 e. The van der Waals surface area contributed by atoms with Gasteiger partial charge in [0.1, 0.15) is 17.4 Å². The number of ether oxygens (including phenoxy) is 1. The molecule has 5 nitrogen and oxygen atoms in total. The number of H-pyrrole nitrogens is 1. The lowest BCUT2D eigenvalue weighted by Crippen LogP contribution is -2.29. The smallest absolute Gasteiger partial charge is 0.406 e. The van der Waals surface area contributed by atoms with Gasteiger partial charge >= 0.3 is 6.36 Å². The van der Waals surface area contributed by atoms with E-state index in [1.165, 1.54) is 48.7 Å². The first kappa shape index (κ1) is 20.3. The van der Waals surface area contributed by atoms with Gasteiger partial charge in [-0.1, -0.05) is 12.1 Å². The maximum Gasteiger partial charge on any atom is 0.573 e. The Bertz CT molecular complexity index is 829. The Morgan fingerprint density at radius 2 is 2.14 bits per heavy atom. The summed E-state index contributed by atoms with van der Waals surface area (Å²) in [4.78, 5) is 7.20. The zero-order valence-electron chi connectivity index (χ0n) is 15.1. The Morgan fingerprint density at radius 3 is 2.89 bits per heavy atom. The van der Waals surface area contributed by atoms with Crippen LogP contribution in [0, 0.1) is 11.3 Å². The SMILES string of the molecule is N=C(/C=C\c1ncc(-c2cccc(OC(F)(F)F)c2)[nH]1)NCC1CCSCC1. The number of aromatic nitrogens is 2. The lowest BCUT2D eigenvalue weighted by molar-refractivity contribution is -0.274. The highest BCUT2D eigenvalue weighted by molar-refractivity contribution is 7.99. The molecule has 1 aromatic heterocycles. The van der Waals surface area contributed by atoms with Crippen molar-refractivity contribution in [3.05, 3.63) is 42.4 Å². The molecule has 3 N–H and O–H groups in total. The third kappa shape index (κ3) is 6.33. The molecule has 0 unspecified atom stereocenters. The summed E-state index contributed by atoms with van der Waals surface area (Å²) in [7, 11) is 0. The Balaban J connectivity index is 1.57. The second-order valence-electron chi connectivity index (χ2n) is 6.44. The van der Waals surface area contributed by atoms with Crippen molar-refractivity contribution >= 4 is 23.7 Å². The van der Waals surface area contributed by atoms with Gasteiger partial charge in [-0.25, -0.2) is 4.98 Å². The maximum absolute atomic E-state index is 12.4. The van der Waals surface area contributed by atoms with Gasteiger partial charge in [0.05, 0.1) is 11.9 Å². The van der Waals surface area contributed by atoms with E-state index in [0.717, 1.165) is 6.54 Å². The third-order valence-electron chi connectivity index (χ3n) is 4.30. The van der Waals surface area contributed by atoms with E-state index in [1.54, 1.807) is 18.2 Å². The van der Waals surface area contributed by atoms with Crippen LogP contribution in [-0.2, 0) is 0 Å². The summed E-state index contributed by atoms with van der Waals surface area (Å²) in [6.45, 7) is 0.791. The Hall–Kier alpha value is -2.42. The molecule has 9 heteroatoms. The quantitative estimate of drug-likeness (QED) is 0.477. The van der Waals surface area contributed by atoms with Gasteiger partial charge in [0.15, 0.2) is 0 Å². The van der Waals surface area contributed by atoms with Crippen molar-refractivity contribution in [1.82, 2.24) is 15.3 Å². The van der Waals surface area contributed by atoms with E-state index < -0.39 is 6.36 Å². The van der Waals surface area contributed by atoms with Gasteiger partial charge in [-0.3, -0.25) is 5.41 Å². The zero-order chi connectivity index (χ0) is 20.0. The normalized spacial score (nSPS) is 15.7. The van der Waals surface area contributed by atoms with Crippen LogP contribution >= 0.6 is 11.8 Å². The molecule has 0 saturated carbocycles. The van der Waals surface area contributed by atoms with Crippen LogP contribution in [0.25, 0.3) is 17.3 Å². The van der Waals surface area contributed by atoms with Crippen LogP contribution in [0.1, 0.15) is 18.7 Å². The Labute approximate surface area is 165 Å². The highest BCUT2D eigenvalue weighted by atomic mass is 32.2. The van der Waals surface area contributed by atoms with E-state index in [2.05, 4.69) is 20.0 Å². The number of halogens is 3. The molecule has 1 aliphatic rings. The number of amidine groups is 1. The van der Waals surface area contributed by atoms with E-state index in [4.69, 9.17) is 5.41 Å². The van der Waals surface area contributed by atoms with Crippen molar-refractivity contribution in [2.24, 2.45) is 5.92 Å². The summed E-state index contributed by atoms with van der Waals surface area (Å²) in [6.07, 6.45) is 2.42. The first-order valence-electron chi connectivity index (χ1n) is 8.88. The average molecular weight is 410 g/mol. The Kier molecular flexibility index (Phi) is 6.66. The number of hydrogen-bond acceptors (Lipinski definition) is 4. The van der Waals surface area contributed by atoms with Crippen LogP contribution in [-0.4, -0.2) is 40.2 Å². The zero-order valence-corrected chi connectivity index (χ0v) is 15.9. The topological polar surface area (TPSA) is 73.8 Å². The minimum absolute atomic E-state index is 0.288. The monoisotopic (exact) mass is 410 g/mol. The standard InChI is InChI=1S/C19H21F3N4OS/c20-19(21,22)27-15-3-1-2-14(10-15)16-12-25-18(26-16)5-4-17(23)24-11-13-6-8-28-9-7-13/h1-5,10,12-13H,6-9,11H2,(H2,23,24)(H,25,26)/b5-4-. The van der Waals surface area contributed by atoms with E-state index in [0.29, 0.717) is 28.8 Å². The second kappa shape index (κ2) is 9.18. The van der Waals surface area contributed by atoms with Crippen LogP contribution < -0.4 is 10.1 Å². The summed E-state index contributed by atoms with van der Waals surface area (Å²) in [6, 6.07) is 5.68. The van der Waals surface area contributed by atoms with Crippen LogP contribution in [0.2, 0.25) is 0 Å². The van der Waals surface area contributed by atoms with Gasteiger partial charge in [-0.15, -0.1) is 13.2 Å². The lowest BCUT2D eigenvalue weighted by Gasteiger charge is -2.21. The predicted octanol–water partition coefficient (Wildman–Crippen LogP) is 4.70. The molecule has 0 bridgehead atoms. The molecule has 1 saturated heterocycles. The van der Waals surface area contributed by atoms with Gasteiger partial charge in [-0.2, -0.15) is 11.8 Å². The maximum atomic E-state index is 12.4. The molecule has 0 atom stereocenters. The number of rotatable bonds is 6. The van der Waals surface area contributed by atoms with Crippen molar-refractivity contribution in [2.45, 2.75) is 19.2 Å². The van der Waals surface area contributed by atoms with Crippen molar-refractivity contribution < 1.29 is 17.9 Å². The van der Waals surface area contributed by atoms with Crippen LogP contribution in [0.5, 0.6) is 5.75 Å². The number of thioether (sulfide) groups is 1. The summed E-state index contributed by atoms with van der Waals surface area (Å²) in [5, 5.41) is 11.1. The molecular formula is C19H21F3N4OS. The average Bonchev–Trinajstić information content (AvgIpc) is 3.13. The minimum atomic E-state index is -4.73. The molecule has 150 valence electrons. The fourth-order valence-electron chi connectivity index (χ4n) is 2.85. The molecule has 1 aromatic carbocycles. The summed E-state index contributed by atoms with van der Waals surface area (Å²) in [5.74, 6) is 3.49. The minimum Gasteiger partial charge on any atom is -0.406 e. The molecule has 0 spiro atoms. The highest BCUT2D eigenvalue weighted by Gasteiger charge is 2.31. The fraction of sp³-hybridized carbons (Fsp3) is 0.368. The number of nitrogens with one attached hydrogen (secondary N) is 3. The number of benzene rings is 1. The molecular weight excluding hydrogens is 389 g/mol. The third-order valence-corrected chi connectivity index (χ3v) is 5.35. The van der Waals surface area contributed by atoms with Gasteiger partial charge in [0.2, 0.25) is 0 Å². The molecule has 0 amide bonds. The fourth-order valence-corrected chi connectivity index (χ4v) is 4.06. The van der Waals surface area contributed by atoms with Crippen LogP contribution in [0.15, 0.2) is 36.5 Å². The van der Waals surface area contributed by atoms with Crippen LogP contribution in [0.3, 0.4) is 0 Å². The summed E-state index contributed by atoms with van der Waals surface area (Å²) >= 11 is 1.97. The number of imidazole rings is 1. The van der Waals surface area contributed by atoms with Crippen molar-refractivity contribution in [1.29, 1.82) is 5.41 Å². The summed E-state index contributed by atoms with van der Waals surface area (Å²) in [5.41, 5.74) is 1.09. The lowest BCUT2D eigenvalue weighted by atomic mass is 10.0. The number of alkyl halides is 3. The predicted molar refractivity (Wildman–Crippen MR) is 106 cm³/mol. The van der Waals surface area contributed by atoms with Gasteiger partial charge in [0.25, 0.3) is 0 Å². The summed E-state index contributed by atoms with van der Waals surface area (Å²) < 4.78 is 41.0. The van der Waals surface area contributed by atoms with Gasteiger partial charge < -0.3 is 15.0 Å². The first-order valence-corrected chi connectivity index (χ1v) is 10.0. The van der Waals surface area contributed by atoms with Gasteiger partial charge in [-0.05, 0) is 54.6 Å². The molecule has 28 heavy (non-hydrogen) atoms. The molecule has 3 rings (SSSR count). The molecule has 2 aromatic rings. The van der Waals surface area contributed by atoms with Crippen molar-refractivity contribution in [3.63, 3.8) is 0 Å². The Morgan fingerprint density at radius 1 is 1.36 bits per heavy atom. The van der Waals surface area contributed by atoms with E-state index >= 15 is 0 Å². The van der Waals surface area contributed by atoms with Crippen LogP contribution in [0.4, 0.5) is 13.2 Å². The van der Waals surface area contributed by atoms with E-state index in [9.17, 15) is 13.2 Å². The molecule has 2 heterocycles. The second-order valence-corrected chi connectivity index (χ2v) is 7.67. The van der Waals surface area contributed by atoms with Gasteiger partial charge in [0, 0.05) is 12.1 Å². The molecule has 0 aliphatic carbocycles. The first-order chi connectivity index (χ1) is 13.4. The number of hydrogen-bond donors (Lipinski definition) is 3. The molecule has 0 radical (unpaired) electrons. The molecule has 1 fully saturated rings. The van der Waals surface area contributed by atoms with E-state index in [-0.39, 0.29) is 5.75 Å². The van der Waals surface area contributed by atoms with E-state index in [1.807, 2.05) is 11.8 Å². The van der Waals surface area contributed by atoms with Crippen molar-refractivity contribution in [3.8, 4) is 17.0 Å². The molecule has 1 aliphatic heterocycles.